The van der Waals surface area contributed by atoms with Crippen LogP contribution in [0.4, 0.5) is 16.2 Å². The van der Waals surface area contributed by atoms with Crippen LogP contribution in [0.3, 0.4) is 0 Å². The molecule has 12 heteroatoms. The highest BCUT2D eigenvalue weighted by Gasteiger charge is 2.29. The van der Waals surface area contributed by atoms with Gasteiger partial charge in [0.05, 0.1) is 11.0 Å². The number of aromatic nitrogens is 2. The summed E-state index contributed by atoms with van der Waals surface area (Å²) in [7, 11) is 3.58. The third-order valence-electron chi connectivity index (χ3n) is 13.2. The number of benzene rings is 4. The Balaban J connectivity index is 0.000000203. The van der Waals surface area contributed by atoms with Crippen LogP contribution in [0.15, 0.2) is 107 Å². The highest BCUT2D eigenvalue weighted by Crippen LogP contribution is 2.35. The van der Waals surface area contributed by atoms with E-state index in [1.807, 2.05) is 127 Å². The second kappa shape index (κ2) is 20.5. The third kappa shape index (κ3) is 10.9. The van der Waals surface area contributed by atoms with Crippen LogP contribution in [0.5, 0.6) is 0 Å². The first-order valence-corrected chi connectivity index (χ1v) is 23.7. The quantitative estimate of drug-likeness (QED) is 0.161. The van der Waals surface area contributed by atoms with Crippen molar-refractivity contribution in [2.45, 2.75) is 105 Å². The minimum Gasteiger partial charge on any atom is -0.444 e. The molecule has 2 aliphatic heterocycles. The number of hydrogen-bond donors (Lipinski definition) is 1. The van der Waals surface area contributed by atoms with Gasteiger partial charge in [-0.2, -0.15) is 0 Å². The largest absolute Gasteiger partial charge is 0.444 e. The second-order valence-electron chi connectivity index (χ2n) is 19.0. The van der Waals surface area contributed by atoms with Crippen LogP contribution in [-0.4, -0.2) is 77.8 Å². The zero-order valence-corrected chi connectivity index (χ0v) is 40.6. The van der Waals surface area contributed by atoms with Crippen molar-refractivity contribution in [3.05, 3.63) is 151 Å². The van der Waals surface area contributed by atoms with Crippen LogP contribution < -0.4 is 26.2 Å². The summed E-state index contributed by atoms with van der Waals surface area (Å²) < 4.78 is 9.07. The molecule has 12 nitrogen and oxygen atoms in total. The number of pyridine rings is 2. The number of rotatable bonds is 8. The van der Waals surface area contributed by atoms with Crippen LogP contribution in [-0.2, 0) is 17.8 Å². The Morgan fingerprint density at radius 1 is 0.612 bits per heavy atom. The molecule has 4 aromatic carbocycles. The van der Waals surface area contributed by atoms with Crippen molar-refractivity contribution in [3.8, 4) is 0 Å². The van der Waals surface area contributed by atoms with Gasteiger partial charge in [0.25, 0.3) is 22.9 Å². The molecule has 352 valence electrons. The fraction of sp³-hybridized carbons (Fsp3) is 0.400. The van der Waals surface area contributed by atoms with Gasteiger partial charge in [0, 0.05) is 85.7 Å². The number of likely N-dealkylation sites (tertiary alicyclic amines) is 1. The molecule has 6 aromatic rings. The number of fused-ring (bicyclic) bond motifs is 2. The van der Waals surface area contributed by atoms with E-state index in [4.69, 9.17) is 4.74 Å². The number of ether oxygens (including phenoxy) is 1. The molecule has 4 heterocycles. The molecule has 0 unspecified atom stereocenters. The molecule has 1 N–H and O–H groups in total. The molecule has 2 aliphatic rings. The summed E-state index contributed by atoms with van der Waals surface area (Å²) in [5.74, 6) is 0.297. The Hall–Kier alpha value is -6.53. The molecule has 0 radical (unpaired) electrons. The lowest BCUT2D eigenvalue weighted by molar-refractivity contribution is 0.0205. The predicted molar refractivity (Wildman–Crippen MR) is 270 cm³/mol. The summed E-state index contributed by atoms with van der Waals surface area (Å²) >= 11 is 0. The molecule has 0 bridgehead atoms. The lowest BCUT2D eigenvalue weighted by atomic mass is 9.87. The maximum absolute atomic E-state index is 13.4. The van der Waals surface area contributed by atoms with E-state index >= 15 is 0 Å². The van der Waals surface area contributed by atoms with Gasteiger partial charge in [-0.25, -0.2) is 4.79 Å². The molecule has 0 spiro atoms. The summed E-state index contributed by atoms with van der Waals surface area (Å²) in [6.07, 6.45) is 3.17. The van der Waals surface area contributed by atoms with Crippen LogP contribution in [0, 0.1) is 13.8 Å². The standard InChI is InChI=1S/C30H37N3O4.C25H29N3O2/c1-7-33-26-13-10-22(28(35)31(6)23-11-8-20(2)9-12-23)18-25(26)24(19-27(33)34)21-14-16-32(17-15-21)29(36)37-30(3,4)5;1-4-28-23-10-7-19(25(30)27(3)20-8-5-17(2)6-9-20)15-22(23)21(16-24(28)29)18-11-13-26-14-12-18/h8-13,18-19,21H,7,14-17H2,1-6H3;5-10,15-16,18,26H,4,11-14H2,1-3H3. The number of carbonyl (C=O) groups is 3. The monoisotopic (exact) mass is 907 g/mol. The summed E-state index contributed by atoms with van der Waals surface area (Å²) in [6.45, 7) is 17.8. The number of carbonyl (C=O) groups excluding carboxylic acids is 3. The lowest BCUT2D eigenvalue weighted by Crippen LogP contribution is -2.41. The van der Waals surface area contributed by atoms with E-state index in [9.17, 15) is 24.0 Å². The molecular formula is C55H66N6O6. The van der Waals surface area contributed by atoms with Crippen molar-refractivity contribution in [3.63, 3.8) is 0 Å². The highest BCUT2D eigenvalue weighted by molar-refractivity contribution is 6.08. The summed E-state index contributed by atoms with van der Waals surface area (Å²) in [6, 6.07) is 30.7. The topological polar surface area (TPSA) is 126 Å². The summed E-state index contributed by atoms with van der Waals surface area (Å²) in [5, 5.41) is 5.33. The van der Waals surface area contributed by atoms with E-state index < -0.39 is 5.60 Å². The lowest BCUT2D eigenvalue weighted by Gasteiger charge is -2.34. The number of nitrogens with zero attached hydrogens (tertiary/aromatic N) is 5. The first-order chi connectivity index (χ1) is 32.0. The molecule has 0 atom stereocenters. The van der Waals surface area contributed by atoms with Crippen LogP contribution in [0.25, 0.3) is 21.8 Å². The molecule has 2 aromatic heterocycles. The number of piperidine rings is 2. The Labute approximate surface area is 394 Å². The average molecular weight is 907 g/mol. The van der Waals surface area contributed by atoms with Gasteiger partial charge in [-0.1, -0.05) is 35.4 Å². The Kier molecular flexibility index (Phi) is 14.8. The average Bonchev–Trinajstić information content (AvgIpc) is 3.33. The van der Waals surface area contributed by atoms with Crippen LogP contribution >= 0.6 is 0 Å². The van der Waals surface area contributed by atoms with Gasteiger partial charge in [0.2, 0.25) is 0 Å². The van der Waals surface area contributed by atoms with E-state index in [2.05, 4.69) is 5.32 Å². The molecule has 67 heavy (non-hydrogen) atoms. The van der Waals surface area contributed by atoms with Crippen molar-refractivity contribution in [1.29, 1.82) is 0 Å². The zero-order valence-electron chi connectivity index (χ0n) is 40.6. The third-order valence-corrected chi connectivity index (χ3v) is 13.2. The smallest absolute Gasteiger partial charge is 0.410 e. The Bertz CT molecular complexity index is 2880. The molecule has 2 fully saturated rings. The minimum atomic E-state index is -0.538. The number of amides is 3. The van der Waals surface area contributed by atoms with E-state index in [1.165, 1.54) is 0 Å². The number of hydrogen-bond acceptors (Lipinski definition) is 7. The molecule has 0 aliphatic carbocycles. The van der Waals surface area contributed by atoms with Gasteiger partial charge in [-0.15, -0.1) is 0 Å². The van der Waals surface area contributed by atoms with Crippen molar-refractivity contribution in [2.24, 2.45) is 0 Å². The summed E-state index contributed by atoms with van der Waals surface area (Å²) in [4.78, 5) is 70.0. The van der Waals surface area contributed by atoms with Gasteiger partial charge < -0.3 is 33.9 Å². The SMILES string of the molecule is CCn1c(=O)cc(C2CCN(C(=O)OC(C)(C)C)CC2)c2cc(C(=O)N(C)c3ccc(C)cc3)ccc21.CCn1c(=O)cc(C2CCNCC2)c2cc(C(=O)N(C)c3ccc(C)cc3)ccc21. The number of aryl methyl sites for hydroxylation is 4. The summed E-state index contributed by atoms with van der Waals surface area (Å²) in [5.41, 5.74) is 8.41. The number of anilines is 2. The molecule has 8 rings (SSSR count). The van der Waals surface area contributed by atoms with Crippen molar-refractivity contribution >= 4 is 51.1 Å². The van der Waals surface area contributed by atoms with Gasteiger partial charge in [-0.3, -0.25) is 19.2 Å². The van der Waals surface area contributed by atoms with Crippen molar-refractivity contribution in [1.82, 2.24) is 19.4 Å². The maximum atomic E-state index is 13.4. The minimum absolute atomic E-state index is 0.0365. The second-order valence-corrected chi connectivity index (χ2v) is 19.0. The van der Waals surface area contributed by atoms with Gasteiger partial charge in [0.1, 0.15) is 5.60 Å². The first kappa shape index (κ1) is 48.4. The van der Waals surface area contributed by atoms with Gasteiger partial charge in [-0.05, 0) is 171 Å². The van der Waals surface area contributed by atoms with Crippen LogP contribution in [0.2, 0.25) is 0 Å². The van der Waals surface area contributed by atoms with E-state index in [-0.39, 0.29) is 34.9 Å². The number of nitrogens with one attached hydrogen (secondary N) is 1. The first-order valence-electron chi connectivity index (χ1n) is 23.7. The Morgan fingerprint density at radius 3 is 1.40 bits per heavy atom. The zero-order chi connectivity index (χ0) is 48.2. The van der Waals surface area contributed by atoms with E-state index in [1.54, 1.807) is 56.1 Å². The molecule has 3 amide bonds. The highest BCUT2D eigenvalue weighted by atomic mass is 16.6. The van der Waals surface area contributed by atoms with E-state index in [0.717, 1.165) is 94.2 Å². The van der Waals surface area contributed by atoms with Gasteiger partial charge in [0.15, 0.2) is 0 Å². The fourth-order valence-corrected chi connectivity index (χ4v) is 9.41. The van der Waals surface area contributed by atoms with Crippen molar-refractivity contribution in [2.75, 3.05) is 50.1 Å². The Morgan fingerprint density at radius 2 is 1.01 bits per heavy atom. The molecular weight excluding hydrogens is 841 g/mol. The normalized spacial score (nSPS) is 14.7. The predicted octanol–water partition coefficient (Wildman–Crippen LogP) is 9.79. The van der Waals surface area contributed by atoms with E-state index in [0.29, 0.717) is 43.2 Å². The van der Waals surface area contributed by atoms with Crippen molar-refractivity contribution < 1.29 is 19.1 Å². The van der Waals surface area contributed by atoms with Crippen LogP contribution in [0.1, 0.15) is 115 Å². The maximum Gasteiger partial charge on any atom is 0.410 e. The van der Waals surface area contributed by atoms with Gasteiger partial charge >= 0.3 is 6.09 Å². The molecule has 0 saturated carbocycles. The fourth-order valence-electron chi connectivity index (χ4n) is 9.41. The molecule has 2 saturated heterocycles.